The SMILES string of the molecule is COc1ccc(C(NC(=O)c2cc(-c3cccc(Cl)c3)n[nH]2)c2nccn2C)cc1. The highest BCUT2D eigenvalue weighted by Crippen LogP contribution is 2.25. The van der Waals surface area contributed by atoms with Crippen molar-refractivity contribution in [3.05, 3.63) is 89.1 Å². The Kier molecular flexibility index (Phi) is 5.54. The molecule has 2 aromatic heterocycles. The summed E-state index contributed by atoms with van der Waals surface area (Å²) in [5.41, 5.74) is 2.69. The molecule has 1 amide bonds. The number of ether oxygens (including phenoxy) is 1. The van der Waals surface area contributed by atoms with Gasteiger partial charge in [-0.05, 0) is 35.9 Å². The van der Waals surface area contributed by atoms with Crippen LogP contribution < -0.4 is 10.1 Å². The van der Waals surface area contributed by atoms with Crippen LogP contribution in [0.3, 0.4) is 0 Å². The molecule has 0 bridgehead atoms. The first-order valence-corrected chi connectivity index (χ1v) is 9.66. The average molecular weight is 422 g/mol. The predicted octanol–water partition coefficient (Wildman–Crippen LogP) is 3.99. The summed E-state index contributed by atoms with van der Waals surface area (Å²) in [5, 5.41) is 10.7. The standard InChI is InChI=1S/C22H20ClN5O2/c1-28-11-10-24-21(28)20(14-6-8-17(30-2)9-7-14)25-22(29)19-13-18(26-27-19)15-4-3-5-16(23)12-15/h3-13,20H,1-2H3,(H,25,29)(H,26,27). The molecule has 152 valence electrons. The number of benzene rings is 2. The maximum atomic E-state index is 13.0. The third-order valence-electron chi connectivity index (χ3n) is 4.78. The van der Waals surface area contributed by atoms with Crippen molar-refractivity contribution in [3.63, 3.8) is 0 Å². The molecule has 0 aliphatic heterocycles. The van der Waals surface area contributed by atoms with Crippen LogP contribution in [0.25, 0.3) is 11.3 Å². The number of nitrogens with one attached hydrogen (secondary N) is 2. The second-order valence-electron chi connectivity index (χ2n) is 6.75. The van der Waals surface area contributed by atoms with Gasteiger partial charge in [-0.1, -0.05) is 35.9 Å². The number of methoxy groups -OCH3 is 1. The van der Waals surface area contributed by atoms with Crippen LogP contribution in [-0.4, -0.2) is 32.8 Å². The first kappa shape index (κ1) is 19.7. The number of aromatic nitrogens is 4. The number of H-pyrrole nitrogens is 1. The number of imidazole rings is 1. The molecule has 0 fully saturated rings. The summed E-state index contributed by atoms with van der Waals surface area (Å²) >= 11 is 6.06. The predicted molar refractivity (Wildman–Crippen MR) is 115 cm³/mol. The summed E-state index contributed by atoms with van der Waals surface area (Å²) in [7, 11) is 3.50. The highest BCUT2D eigenvalue weighted by atomic mass is 35.5. The van der Waals surface area contributed by atoms with Crippen molar-refractivity contribution in [1.29, 1.82) is 0 Å². The maximum absolute atomic E-state index is 13.0. The second kappa shape index (κ2) is 8.42. The van der Waals surface area contributed by atoms with Crippen LogP contribution in [0.2, 0.25) is 5.02 Å². The van der Waals surface area contributed by atoms with Crippen molar-refractivity contribution < 1.29 is 9.53 Å². The van der Waals surface area contributed by atoms with Crippen molar-refractivity contribution in [1.82, 2.24) is 25.1 Å². The second-order valence-corrected chi connectivity index (χ2v) is 7.19. The van der Waals surface area contributed by atoms with Gasteiger partial charge in [-0.2, -0.15) is 5.10 Å². The number of hydrogen-bond donors (Lipinski definition) is 2. The molecule has 2 N–H and O–H groups in total. The number of halogens is 1. The number of aromatic amines is 1. The Morgan fingerprint density at radius 3 is 2.67 bits per heavy atom. The Balaban J connectivity index is 1.61. The summed E-state index contributed by atoms with van der Waals surface area (Å²) < 4.78 is 7.11. The van der Waals surface area contributed by atoms with E-state index in [4.69, 9.17) is 16.3 Å². The van der Waals surface area contributed by atoms with Gasteiger partial charge in [0.05, 0.1) is 12.8 Å². The lowest BCUT2D eigenvalue weighted by Crippen LogP contribution is -2.31. The lowest BCUT2D eigenvalue weighted by Gasteiger charge is -2.19. The van der Waals surface area contributed by atoms with Gasteiger partial charge in [0.25, 0.3) is 5.91 Å². The van der Waals surface area contributed by atoms with Crippen molar-refractivity contribution in [2.24, 2.45) is 7.05 Å². The number of nitrogens with zero attached hydrogens (tertiary/aromatic N) is 3. The molecule has 0 saturated heterocycles. The molecule has 4 rings (SSSR count). The number of carbonyl (C=O) groups excluding carboxylic acids is 1. The first-order valence-electron chi connectivity index (χ1n) is 9.28. The van der Waals surface area contributed by atoms with E-state index in [-0.39, 0.29) is 5.91 Å². The molecule has 30 heavy (non-hydrogen) atoms. The van der Waals surface area contributed by atoms with Crippen molar-refractivity contribution in [2.75, 3.05) is 7.11 Å². The first-order chi connectivity index (χ1) is 14.5. The largest absolute Gasteiger partial charge is 0.497 e. The van der Waals surface area contributed by atoms with Gasteiger partial charge in [0.15, 0.2) is 0 Å². The van der Waals surface area contributed by atoms with E-state index in [0.717, 1.165) is 16.9 Å². The highest BCUT2D eigenvalue weighted by molar-refractivity contribution is 6.30. The Morgan fingerprint density at radius 2 is 2.00 bits per heavy atom. The lowest BCUT2D eigenvalue weighted by molar-refractivity contribution is 0.0936. The Labute approximate surface area is 178 Å². The summed E-state index contributed by atoms with van der Waals surface area (Å²) in [6.07, 6.45) is 3.54. The molecule has 7 nitrogen and oxygen atoms in total. The number of rotatable bonds is 6. The molecule has 2 aromatic carbocycles. The van der Waals surface area contributed by atoms with Crippen molar-refractivity contribution in [2.45, 2.75) is 6.04 Å². The topological polar surface area (TPSA) is 84.8 Å². The fraction of sp³-hybridized carbons (Fsp3) is 0.136. The minimum absolute atomic E-state index is 0.292. The zero-order chi connectivity index (χ0) is 21.1. The zero-order valence-corrected chi connectivity index (χ0v) is 17.2. The van der Waals surface area contributed by atoms with Gasteiger partial charge >= 0.3 is 0 Å². The van der Waals surface area contributed by atoms with Crippen LogP contribution in [-0.2, 0) is 7.05 Å². The van der Waals surface area contributed by atoms with Crippen molar-refractivity contribution >= 4 is 17.5 Å². The van der Waals surface area contributed by atoms with Crippen LogP contribution in [0.4, 0.5) is 0 Å². The van der Waals surface area contributed by atoms with Crippen LogP contribution in [0, 0.1) is 0 Å². The minimum atomic E-state index is -0.443. The molecule has 0 spiro atoms. The molecule has 1 atom stereocenters. The van der Waals surface area contributed by atoms with Gasteiger partial charge in [-0.3, -0.25) is 9.89 Å². The molecule has 0 aliphatic carbocycles. The molecule has 2 heterocycles. The Morgan fingerprint density at radius 1 is 1.20 bits per heavy atom. The van der Waals surface area contributed by atoms with E-state index in [1.165, 1.54) is 0 Å². The monoisotopic (exact) mass is 421 g/mol. The van der Waals surface area contributed by atoms with E-state index in [2.05, 4.69) is 20.5 Å². The van der Waals surface area contributed by atoms with E-state index in [1.807, 2.05) is 54.2 Å². The molecule has 0 radical (unpaired) electrons. The van der Waals surface area contributed by atoms with Crippen LogP contribution in [0.5, 0.6) is 5.75 Å². The summed E-state index contributed by atoms with van der Waals surface area (Å²) in [5.74, 6) is 1.16. The fourth-order valence-corrected chi connectivity index (χ4v) is 3.38. The number of amides is 1. The number of aryl methyl sites for hydroxylation is 1. The third kappa shape index (κ3) is 4.06. The smallest absolute Gasteiger partial charge is 0.270 e. The molecule has 1 unspecified atom stereocenters. The summed E-state index contributed by atoms with van der Waals surface area (Å²) in [4.78, 5) is 17.4. The quantitative estimate of drug-likeness (QED) is 0.493. The number of carbonyl (C=O) groups is 1. The van der Waals surface area contributed by atoms with Gasteiger partial charge < -0.3 is 14.6 Å². The molecule has 0 saturated carbocycles. The maximum Gasteiger partial charge on any atom is 0.270 e. The Bertz CT molecular complexity index is 1170. The minimum Gasteiger partial charge on any atom is -0.497 e. The molecule has 0 aliphatic rings. The molecular formula is C22H20ClN5O2. The summed E-state index contributed by atoms with van der Waals surface area (Å²) in [6.45, 7) is 0. The average Bonchev–Trinajstić information content (AvgIpc) is 3.41. The van der Waals surface area contributed by atoms with E-state index < -0.39 is 6.04 Å². The van der Waals surface area contributed by atoms with E-state index in [0.29, 0.717) is 22.2 Å². The van der Waals surface area contributed by atoms with Gasteiger partial charge in [-0.25, -0.2) is 4.98 Å². The summed E-state index contributed by atoms with van der Waals surface area (Å²) in [6, 6.07) is 16.1. The van der Waals surface area contributed by atoms with Crippen molar-refractivity contribution in [3.8, 4) is 17.0 Å². The van der Waals surface area contributed by atoms with E-state index >= 15 is 0 Å². The van der Waals surface area contributed by atoms with Gasteiger partial charge in [-0.15, -0.1) is 0 Å². The van der Waals surface area contributed by atoms with Crippen LogP contribution in [0.1, 0.15) is 27.9 Å². The van der Waals surface area contributed by atoms with Crippen LogP contribution >= 0.6 is 11.6 Å². The van der Waals surface area contributed by atoms with E-state index in [9.17, 15) is 4.79 Å². The molecular weight excluding hydrogens is 402 g/mol. The van der Waals surface area contributed by atoms with Gasteiger partial charge in [0.1, 0.15) is 23.3 Å². The normalized spacial score (nSPS) is 11.8. The highest BCUT2D eigenvalue weighted by Gasteiger charge is 2.22. The fourth-order valence-electron chi connectivity index (χ4n) is 3.19. The Hall–Kier alpha value is -3.58. The van der Waals surface area contributed by atoms with E-state index in [1.54, 1.807) is 31.5 Å². The van der Waals surface area contributed by atoms with Gasteiger partial charge in [0, 0.05) is 30.0 Å². The van der Waals surface area contributed by atoms with Gasteiger partial charge in [0.2, 0.25) is 0 Å². The van der Waals surface area contributed by atoms with Crippen LogP contribution in [0.15, 0.2) is 67.0 Å². The number of hydrogen-bond acceptors (Lipinski definition) is 4. The third-order valence-corrected chi connectivity index (χ3v) is 5.02. The zero-order valence-electron chi connectivity index (χ0n) is 16.5. The lowest BCUT2D eigenvalue weighted by atomic mass is 10.1. The molecule has 8 heteroatoms. The molecule has 4 aromatic rings.